The number of allylic oxidation sites excluding steroid dienone is 1. The van der Waals surface area contributed by atoms with Crippen molar-refractivity contribution in [3.05, 3.63) is 12.3 Å². The van der Waals surface area contributed by atoms with Crippen LogP contribution >= 0.6 is 0 Å². The number of fused-ring (bicyclic) bond motifs is 1. The molecule has 9 heavy (non-hydrogen) atoms. The second-order valence-electron chi connectivity index (χ2n) is 1.84. The molecule has 2 aliphatic rings. The van der Waals surface area contributed by atoms with Gasteiger partial charge in [0.2, 0.25) is 0 Å². The van der Waals surface area contributed by atoms with Gasteiger partial charge in [-0.2, -0.15) is 5.10 Å². The van der Waals surface area contributed by atoms with E-state index in [0.29, 0.717) is 0 Å². The maximum Gasteiger partial charge on any atom is 0.177 e. The highest BCUT2D eigenvalue weighted by Crippen LogP contribution is 2.04. The lowest BCUT2D eigenvalue weighted by Crippen LogP contribution is -2.33. The second kappa shape index (κ2) is 1.58. The first kappa shape index (κ1) is 4.55. The fraction of sp³-hybridized carbons (Fsp3) is 0.200. The van der Waals surface area contributed by atoms with Crippen molar-refractivity contribution in [2.24, 2.45) is 10.1 Å². The first-order valence-electron chi connectivity index (χ1n) is 2.74. The number of hydrogen-bond donors (Lipinski definition) is 1. The largest absolute Gasteiger partial charge is 0.261 e. The van der Waals surface area contributed by atoms with Crippen molar-refractivity contribution in [2.45, 2.75) is 6.17 Å². The predicted octanol–water partition coefficient (Wildman–Crippen LogP) is -0.283. The van der Waals surface area contributed by atoms with E-state index in [2.05, 4.69) is 15.6 Å². The van der Waals surface area contributed by atoms with Crippen LogP contribution in [0.2, 0.25) is 0 Å². The lowest BCUT2D eigenvalue weighted by atomic mass is 10.4. The van der Waals surface area contributed by atoms with Gasteiger partial charge in [-0.25, -0.2) is 10.5 Å². The molecule has 0 aromatic carbocycles. The van der Waals surface area contributed by atoms with E-state index in [1.807, 2.05) is 17.3 Å². The number of rotatable bonds is 0. The zero-order valence-electron chi connectivity index (χ0n) is 4.73. The zero-order valence-corrected chi connectivity index (χ0v) is 4.73. The van der Waals surface area contributed by atoms with Gasteiger partial charge in [0.15, 0.2) is 6.17 Å². The summed E-state index contributed by atoms with van der Waals surface area (Å²) >= 11 is 0. The van der Waals surface area contributed by atoms with Crippen molar-refractivity contribution in [2.75, 3.05) is 0 Å². The number of hydrazine groups is 1. The van der Waals surface area contributed by atoms with Crippen LogP contribution in [0.1, 0.15) is 0 Å². The maximum atomic E-state index is 4.09. The minimum Gasteiger partial charge on any atom is -0.261 e. The average molecular weight is 122 g/mol. The maximum absolute atomic E-state index is 4.09. The van der Waals surface area contributed by atoms with E-state index in [1.54, 1.807) is 12.4 Å². The highest BCUT2D eigenvalue weighted by molar-refractivity contribution is 5.77. The summed E-state index contributed by atoms with van der Waals surface area (Å²) in [5.41, 5.74) is 2.76. The van der Waals surface area contributed by atoms with Crippen molar-refractivity contribution in [1.29, 1.82) is 0 Å². The molecule has 4 heteroatoms. The summed E-state index contributed by atoms with van der Waals surface area (Å²) in [6.45, 7) is 0. The molecule has 0 aromatic heterocycles. The fourth-order valence-corrected chi connectivity index (χ4v) is 0.799. The third kappa shape index (κ3) is 0.595. The molecule has 0 radical (unpaired) electrons. The second-order valence-corrected chi connectivity index (χ2v) is 1.84. The van der Waals surface area contributed by atoms with Gasteiger partial charge in [-0.05, 0) is 6.08 Å². The summed E-state index contributed by atoms with van der Waals surface area (Å²) in [6, 6.07) is 0. The Kier molecular flexibility index (Phi) is 0.798. The van der Waals surface area contributed by atoms with Gasteiger partial charge in [0.25, 0.3) is 0 Å². The van der Waals surface area contributed by atoms with E-state index >= 15 is 0 Å². The van der Waals surface area contributed by atoms with Gasteiger partial charge in [0, 0.05) is 12.4 Å². The van der Waals surface area contributed by atoms with E-state index in [-0.39, 0.29) is 6.17 Å². The van der Waals surface area contributed by atoms with Crippen LogP contribution in [-0.2, 0) is 0 Å². The normalized spacial score (nSPS) is 28.4. The summed E-state index contributed by atoms with van der Waals surface area (Å²) in [4.78, 5) is 4.09. The van der Waals surface area contributed by atoms with E-state index in [1.165, 1.54) is 0 Å². The predicted molar refractivity (Wildman–Crippen MR) is 34.9 cm³/mol. The summed E-state index contributed by atoms with van der Waals surface area (Å²) in [5.74, 6) is 0. The molecule has 0 aliphatic carbocycles. The highest BCUT2D eigenvalue weighted by Gasteiger charge is 2.16. The van der Waals surface area contributed by atoms with Gasteiger partial charge in [-0.1, -0.05) is 0 Å². The molecule has 4 nitrogen and oxygen atoms in total. The van der Waals surface area contributed by atoms with Gasteiger partial charge in [0.05, 0.1) is 6.21 Å². The smallest absolute Gasteiger partial charge is 0.177 e. The molecule has 0 saturated carbocycles. The molecule has 2 rings (SSSR count). The fourth-order valence-electron chi connectivity index (χ4n) is 0.799. The molecule has 0 amide bonds. The minimum absolute atomic E-state index is 0.0787. The van der Waals surface area contributed by atoms with E-state index in [4.69, 9.17) is 0 Å². The number of hydrazone groups is 1. The summed E-state index contributed by atoms with van der Waals surface area (Å²) < 4.78 is 0. The van der Waals surface area contributed by atoms with E-state index in [9.17, 15) is 0 Å². The van der Waals surface area contributed by atoms with Crippen LogP contribution in [0.4, 0.5) is 0 Å². The lowest BCUT2D eigenvalue weighted by Gasteiger charge is -2.18. The first-order valence-corrected chi connectivity index (χ1v) is 2.74. The van der Waals surface area contributed by atoms with Crippen LogP contribution in [0.15, 0.2) is 22.4 Å². The standard InChI is InChI=1S/C5H6N4/c1-2-6-5-4-7-8-9(5)3-1/h1-5,8H. The van der Waals surface area contributed by atoms with Crippen molar-refractivity contribution in [3.63, 3.8) is 0 Å². The Morgan fingerprint density at radius 2 is 2.56 bits per heavy atom. The van der Waals surface area contributed by atoms with Gasteiger partial charge in [0.1, 0.15) is 0 Å². The van der Waals surface area contributed by atoms with Crippen LogP contribution < -0.4 is 5.53 Å². The molecule has 1 N–H and O–H groups in total. The molecular formula is C5H6N4. The number of hydrogen-bond acceptors (Lipinski definition) is 4. The van der Waals surface area contributed by atoms with Gasteiger partial charge in [-0.15, -0.1) is 0 Å². The molecule has 2 heterocycles. The molecule has 1 unspecified atom stereocenters. The van der Waals surface area contributed by atoms with Gasteiger partial charge in [-0.3, -0.25) is 4.99 Å². The molecule has 46 valence electrons. The third-order valence-electron chi connectivity index (χ3n) is 1.24. The van der Waals surface area contributed by atoms with Gasteiger partial charge < -0.3 is 0 Å². The molecule has 2 aliphatic heterocycles. The SMILES string of the molecule is C1=CN2NN=CC2N=C1. The third-order valence-corrected chi connectivity index (χ3v) is 1.24. The van der Waals surface area contributed by atoms with Crippen LogP contribution in [-0.4, -0.2) is 23.6 Å². The molecular weight excluding hydrogens is 116 g/mol. The Morgan fingerprint density at radius 3 is 3.44 bits per heavy atom. The Bertz CT molecular complexity index is 193. The molecule has 0 spiro atoms. The van der Waals surface area contributed by atoms with Crippen LogP contribution in [0.25, 0.3) is 0 Å². The Labute approximate surface area is 52.5 Å². The first-order chi connectivity index (χ1) is 4.47. The number of nitrogens with zero attached hydrogens (tertiary/aromatic N) is 3. The lowest BCUT2D eigenvalue weighted by molar-refractivity contribution is 0.279. The molecule has 0 aromatic rings. The summed E-state index contributed by atoms with van der Waals surface area (Å²) in [6.07, 6.45) is 7.35. The molecule has 0 bridgehead atoms. The van der Waals surface area contributed by atoms with Crippen LogP contribution in [0.3, 0.4) is 0 Å². The van der Waals surface area contributed by atoms with Gasteiger partial charge >= 0.3 is 0 Å². The Hall–Kier alpha value is -1.32. The van der Waals surface area contributed by atoms with E-state index in [0.717, 1.165) is 0 Å². The van der Waals surface area contributed by atoms with Crippen LogP contribution in [0, 0.1) is 0 Å². The number of aliphatic imine (C=N–C) groups is 1. The monoisotopic (exact) mass is 122 g/mol. The topological polar surface area (TPSA) is 40.0 Å². The van der Waals surface area contributed by atoms with E-state index < -0.39 is 0 Å². The van der Waals surface area contributed by atoms with Crippen molar-refractivity contribution in [1.82, 2.24) is 10.5 Å². The minimum atomic E-state index is 0.0787. The number of nitrogens with one attached hydrogen (secondary N) is 1. The highest BCUT2D eigenvalue weighted by atomic mass is 15.7. The molecule has 1 atom stereocenters. The van der Waals surface area contributed by atoms with Crippen molar-refractivity contribution in [3.8, 4) is 0 Å². The quantitative estimate of drug-likeness (QED) is 0.480. The van der Waals surface area contributed by atoms with Crippen LogP contribution in [0.5, 0.6) is 0 Å². The van der Waals surface area contributed by atoms with Crippen molar-refractivity contribution < 1.29 is 0 Å². The Balaban J connectivity index is 2.25. The molecule has 0 saturated heterocycles. The Morgan fingerprint density at radius 1 is 1.56 bits per heavy atom. The average Bonchev–Trinajstić information content (AvgIpc) is 2.33. The van der Waals surface area contributed by atoms with Crippen molar-refractivity contribution >= 4 is 12.4 Å². The summed E-state index contributed by atoms with van der Waals surface area (Å²) in [5, 5.41) is 5.63. The summed E-state index contributed by atoms with van der Waals surface area (Å²) in [7, 11) is 0. The molecule has 0 fully saturated rings. The zero-order chi connectivity index (χ0) is 6.10.